The smallest absolute Gasteiger partial charge is 0.226 e. The zero-order valence-electron chi connectivity index (χ0n) is 14.7. The Bertz CT molecular complexity index is 1010. The predicted octanol–water partition coefficient (Wildman–Crippen LogP) is 3.78. The fourth-order valence-electron chi connectivity index (χ4n) is 2.90. The van der Waals surface area contributed by atoms with Crippen molar-refractivity contribution in [2.45, 2.75) is 13.3 Å². The number of aromatic nitrogens is 4. The summed E-state index contributed by atoms with van der Waals surface area (Å²) in [6.45, 7) is 4.23. The number of benzene rings is 2. The molecule has 6 nitrogen and oxygen atoms in total. The van der Waals surface area contributed by atoms with Crippen molar-refractivity contribution in [1.29, 1.82) is 0 Å². The minimum atomic E-state index is 0.695. The average Bonchev–Trinajstić information content (AvgIpc) is 3.14. The summed E-state index contributed by atoms with van der Waals surface area (Å²) in [4.78, 5) is 9.51. The zero-order valence-corrected chi connectivity index (χ0v) is 14.7. The van der Waals surface area contributed by atoms with Gasteiger partial charge in [0.25, 0.3) is 0 Å². The number of ether oxygens (including phenoxy) is 1. The van der Waals surface area contributed by atoms with Crippen LogP contribution in [0.25, 0.3) is 27.9 Å². The second-order valence-electron chi connectivity index (χ2n) is 5.97. The minimum Gasteiger partial charge on any atom is -0.382 e. The maximum absolute atomic E-state index is 5.40. The highest BCUT2D eigenvalue weighted by molar-refractivity contribution is 5.92. The van der Waals surface area contributed by atoms with E-state index in [4.69, 9.17) is 19.8 Å². The Hall–Kier alpha value is -2.99. The van der Waals surface area contributed by atoms with Crippen LogP contribution in [0.3, 0.4) is 0 Å². The van der Waals surface area contributed by atoms with Crippen LogP contribution in [0.5, 0.6) is 0 Å². The van der Waals surface area contributed by atoms with Gasteiger partial charge in [-0.1, -0.05) is 42.5 Å². The van der Waals surface area contributed by atoms with Gasteiger partial charge >= 0.3 is 0 Å². The zero-order chi connectivity index (χ0) is 17.8. The normalized spacial score (nSPS) is 11.3. The first-order valence-electron chi connectivity index (χ1n) is 8.89. The van der Waals surface area contributed by atoms with Crippen LogP contribution in [-0.4, -0.2) is 39.3 Å². The Kier molecular flexibility index (Phi) is 4.75. The van der Waals surface area contributed by atoms with Gasteiger partial charge in [0.2, 0.25) is 5.95 Å². The van der Waals surface area contributed by atoms with E-state index in [9.17, 15) is 0 Å². The molecule has 4 rings (SSSR count). The standard InChI is InChI=1S/C20H21N5O/c1-2-26-14-8-13-21-20-22-17-12-7-6-11-16(17)19-23-18(24-25(19)20)15-9-4-3-5-10-15/h3-7,9-12H,2,8,13-14H2,1H3,(H,21,22). The van der Waals surface area contributed by atoms with Crippen LogP contribution in [-0.2, 0) is 4.74 Å². The van der Waals surface area contributed by atoms with Gasteiger partial charge in [-0.3, -0.25) is 0 Å². The van der Waals surface area contributed by atoms with Gasteiger partial charge in [0.1, 0.15) is 0 Å². The van der Waals surface area contributed by atoms with Gasteiger partial charge in [-0.2, -0.15) is 4.52 Å². The van der Waals surface area contributed by atoms with Crippen molar-refractivity contribution in [2.24, 2.45) is 0 Å². The minimum absolute atomic E-state index is 0.695. The maximum atomic E-state index is 5.40. The highest BCUT2D eigenvalue weighted by Crippen LogP contribution is 2.23. The average molecular weight is 347 g/mol. The van der Waals surface area contributed by atoms with E-state index >= 15 is 0 Å². The third-order valence-corrected chi connectivity index (χ3v) is 4.16. The molecule has 2 heterocycles. The Balaban J connectivity index is 1.75. The van der Waals surface area contributed by atoms with Crippen LogP contribution >= 0.6 is 0 Å². The number of anilines is 1. The molecule has 0 amide bonds. The van der Waals surface area contributed by atoms with Gasteiger partial charge in [-0.05, 0) is 25.5 Å². The number of hydrogen-bond acceptors (Lipinski definition) is 5. The van der Waals surface area contributed by atoms with Crippen LogP contribution in [0.4, 0.5) is 5.95 Å². The van der Waals surface area contributed by atoms with Gasteiger partial charge in [-0.25, -0.2) is 9.97 Å². The molecule has 6 heteroatoms. The van der Waals surface area contributed by atoms with Gasteiger partial charge in [0, 0.05) is 30.7 Å². The third-order valence-electron chi connectivity index (χ3n) is 4.16. The van der Waals surface area contributed by atoms with Crippen LogP contribution in [0, 0.1) is 0 Å². The predicted molar refractivity (Wildman–Crippen MR) is 103 cm³/mol. The monoisotopic (exact) mass is 347 g/mol. The summed E-state index contributed by atoms with van der Waals surface area (Å²) in [5.74, 6) is 1.39. The summed E-state index contributed by atoms with van der Waals surface area (Å²) >= 11 is 0. The topological polar surface area (TPSA) is 64.3 Å². The first-order chi connectivity index (χ1) is 12.9. The van der Waals surface area contributed by atoms with Crippen molar-refractivity contribution in [2.75, 3.05) is 25.1 Å². The van der Waals surface area contributed by atoms with Crippen LogP contribution in [0.2, 0.25) is 0 Å². The van der Waals surface area contributed by atoms with Crippen molar-refractivity contribution in [3.63, 3.8) is 0 Å². The first kappa shape index (κ1) is 16.5. The highest BCUT2D eigenvalue weighted by Gasteiger charge is 2.13. The molecule has 0 fully saturated rings. The van der Waals surface area contributed by atoms with E-state index in [0.29, 0.717) is 11.8 Å². The Labute approximate surface area is 151 Å². The van der Waals surface area contributed by atoms with E-state index in [1.165, 1.54) is 0 Å². The number of para-hydroxylation sites is 1. The van der Waals surface area contributed by atoms with Crippen LogP contribution < -0.4 is 5.32 Å². The SMILES string of the molecule is CCOCCCNc1nc2ccccc2c2nc(-c3ccccc3)nn12. The molecule has 0 saturated heterocycles. The molecule has 4 aromatic rings. The van der Waals surface area contributed by atoms with Crippen molar-refractivity contribution in [3.05, 3.63) is 54.6 Å². The van der Waals surface area contributed by atoms with Crippen molar-refractivity contribution < 1.29 is 4.74 Å². The van der Waals surface area contributed by atoms with Crippen molar-refractivity contribution >= 4 is 22.5 Å². The molecular formula is C20H21N5O. The van der Waals surface area contributed by atoms with E-state index in [1.54, 1.807) is 4.52 Å². The molecule has 2 aromatic heterocycles. The molecule has 26 heavy (non-hydrogen) atoms. The molecule has 0 saturated carbocycles. The number of fused-ring (bicyclic) bond motifs is 3. The lowest BCUT2D eigenvalue weighted by molar-refractivity contribution is 0.147. The van der Waals surface area contributed by atoms with E-state index in [2.05, 4.69) is 5.32 Å². The van der Waals surface area contributed by atoms with E-state index < -0.39 is 0 Å². The molecular weight excluding hydrogens is 326 g/mol. The molecule has 0 unspecified atom stereocenters. The molecule has 0 aliphatic rings. The molecule has 0 aliphatic carbocycles. The quantitative estimate of drug-likeness (QED) is 0.515. The lowest BCUT2D eigenvalue weighted by atomic mass is 10.2. The third kappa shape index (κ3) is 3.23. The number of hydrogen-bond donors (Lipinski definition) is 1. The lowest BCUT2D eigenvalue weighted by Crippen LogP contribution is -2.11. The Morgan fingerprint density at radius 2 is 1.81 bits per heavy atom. The summed E-state index contributed by atoms with van der Waals surface area (Å²) in [6.07, 6.45) is 0.907. The lowest BCUT2D eigenvalue weighted by Gasteiger charge is -2.08. The molecule has 0 spiro atoms. The van der Waals surface area contributed by atoms with E-state index in [1.807, 2.05) is 61.5 Å². The van der Waals surface area contributed by atoms with Crippen LogP contribution in [0.15, 0.2) is 54.6 Å². The summed E-state index contributed by atoms with van der Waals surface area (Å²) in [5.41, 5.74) is 2.70. The fraction of sp³-hybridized carbons (Fsp3) is 0.250. The Morgan fingerprint density at radius 3 is 2.65 bits per heavy atom. The van der Waals surface area contributed by atoms with Gasteiger partial charge < -0.3 is 10.1 Å². The molecule has 0 atom stereocenters. The number of nitrogens with zero attached hydrogens (tertiary/aromatic N) is 4. The Morgan fingerprint density at radius 1 is 1.00 bits per heavy atom. The fourth-order valence-corrected chi connectivity index (χ4v) is 2.90. The van der Waals surface area contributed by atoms with Crippen molar-refractivity contribution in [3.8, 4) is 11.4 Å². The van der Waals surface area contributed by atoms with E-state index in [-0.39, 0.29) is 0 Å². The summed E-state index contributed by atoms with van der Waals surface area (Å²) in [6, 6.07) is 18.0. The molecule has 0 radical (unpaired) electrons. The van der Waals surface area contributed by atoms with E-state index in [0.717, 1.165) is 48.3 Å². The largest absolute Gasteiger partial charge is 0.382 e. The number of nitrogens with one attached hydrogen (secondary N) is 1. The molecule has 0 aliphatic heterocycles. The van der Waals surface area contributed by atoms with Gasteiger partial charge in [0.05, 0.1) is 5.52 Å². The molecule has 0 bridgehead atoms. The maximum Gasteiger partial charge on any atom is 0.226 e. The van der Waals surface area contributed by atoms with Crippen molar-refractivity contribution in [1.82, 2.24) is 19.6 Å². The molecule has 1 N–H and O–H groups in total. The summed E-state index contributed by atoms with van der Waals surface area (Å²) in [7, 11) is 0. The first-order valence-corrected chi connectivity index (χ1v) is 8.89. The summed E-state index contributed by atoms with van der Waals surface area (Å²) < 4.78 is 7.19. The second kappa shape index (κ2) is 7.49. The van der Waals surface area contributed by atoms with Gasteiger partial charge in [0.15, 0.2) is 11.5 Å². The molecule has 132 valence electrons. The van der Waals surface area contributed by atoms with Crippen LogP contribution in [0.1, 0.15) is 13.3 Å². The van der Waals surface area contributed by atoms with Gasteiger partial charge in [-0.15, -0.1) is 5.10 Å². The second-order valence-corrected chi connectivity index (χ2v) is 5.97. The highest BCUT2D eigenvalue weighted by atomic mass is 16.5. The number of rotatable bonds is 7. The molecule has 2 aromatic carbocycles. The summed E-state index contributed by atoms with van der Waals surface area (Å²) in [5, 5.41) is 9.06.